The summed E-state index contributed by atoms with van der Waals surface area (Å²) < 4.78 is 10.7. The van der Waals surface area contributed by atoms with Crippen LogP contribution in [-0.4, -0.2) is 20.8 Å². The minimum atomic E-state index is 0.824. The van der Waals surface area contributed by atoms with Crippen LogP contribution in [0.25, 0.3) is 0 Å². The molecule has 1 N–H and O–H groups in total. The Labute approximate surface area is 125 Å². The molecule has 1 aliphatic heterocycles. The van der Waals surface area contributed by atoms with E-state index in [-0.39, 0.29) is 0 Å². The molecule has 21 heavy (non-hydrogen) atoms. The van der Waals surface area contributed by atoms with Crippen LogP contribution < -0.4 is 14.8 Å². The lowest BCUT2D eigenvalue weighted by Gasteiger charge is -2.19. The first-order valence-electron chi connectivity index (χ1n) is 7.37. The van der Waals surface area contributed by atoms with Gasteiger partial charge in [0.05, 0.1) is 14.2 Å². The van der Waals surface area contributed by atoms with Crippen molar-refractivity contribution in [3.63, 3.8) is 0 Å². The molecular formula is C18H21NO2. The summed E-state index contributed by atoms with van der Waals surface area (Å²) in [5.41, 5.74) is 5.21. The number of ether oxygens (including phenoxy) is 2. The van der Waals surface area contributed by atoms with Crippen molar-refractivity contribution in [1.82, 2.24) is 0 Å². The molecule has 0 radical (unpaired) electrons. The predicted octanol–water partition coefficient (Wildman–Crippen LogP) is 3.65. The van der Waals surface area contributed by atoms with Gasteiger partial charge in [-0.2, -0.15) is 0 Å². The zero-order chi connectivity index (χ0) is 14.7. The monoisotopic (exact) mass is 283 g/mol. The number of rotatable bonds is 4. The highest BCUT2D eigenvalue weighted by Crippen LogP contribution is 2.29. The second kappa shape index (κ2) is 6.08. The van der Waals surface area contributed by atoms with E-state index in [0.29, 0.717) is 0 Å². The van der Waals surface area contributed by atoms with Crippen LogP contribution in [0.2, 0.25) is 0 Å². The van der Waals surface area contributed by atoms with E-state index in [1.165, 1.54) is 28.8 Å². The number of methoxy groups -OCH3 is 2. The fourth-order valence-corrected chi connectivity index (χ4v) is 2.86. The van der Waals surface area contributed by atoms with Gasteiger partial charge < -0.3 is 14.8 Å². The molecule has 3 rings (SSSR count). The van der Waals surface area contributed by atoms with Crippen LogP contribution in [0.5, 0.6) is 11.5 Å². The van der Waals surface area contributed by atoms with Crippen LogP contribution in [0.4, 0.5) is 5.69 Å². The van der Waals surface area contributed by atoms with Crippen molar-refractivity contribution in [2.75, 3.05) is 26.1 Å². The van der Waals surface area contributed by atoms with Gasteiger partial charge in [-0.05, 0) is 41.7 Å². The molecule has 0 fully saturated rings. The maximum absolute atomic E-state index is 5.48. The summed E-state index contributed by atoms with van der Waals surface area (Å²) >= 11 is 0. The van der Waals surface area contributed by atoms with Gasteiger partial charge in [0.1, 0.15) is 11.5 Å². The molecule has 2 aromatic carbocycles. The van der Waals surface area contributed by atoms with E-state index in [4.69, 9.17) is 9.47 Å². The van der Waals surface area contributed by atoms with E-state index < -0.39 is 0 Å². The van der Waals surface area contributed by atoms with Crippen LogP contribution in [0.1, 0.15) is 23.1 Å². The molecular weight excluding hydrogens is 262 g/mol. The Morgan fingerprint density at radius 2 is 1.95 bits per heavy atom. The van der Waals surface area contributed by atoms with Crippen LogP contribution in [-0.2, 0) is 12.8 Å². The molecule has 3 nitrogen and oxygen atoms in total. The van der Waals surface area contributed by atoms with E-state index in [0.717, 1.165) is 30.9 Å². The van der Waals surface area contributed by atoms with Crippen molar-refractivity contribution in [3.8, 4) is 11.5 Å². The molecule has 0 saturated heterocycles. The Balaban J connectivity index is 1.86. The van der Waals surface area contributed by atoms with Gasteiger partial charge in [-0.3, -0.25) is 0 Å². The lowest BCUT2D eigenvalue weighted by molar-refractivity contribution is 0.391. The maximum atomic E-state index is 5.48. The van der Waals surface area contributed by atoms with E-state index in [1.807, 2.05) is 12.1 Å². The first kappa shape index (κ1) is 13.8. The van der Waals surface area contributed by atoms with Gasteiger partial charge in [-0.25, -0.2) is 0 Å². The maximum Gasteiger partial charge on any atom is 0.126 e. The third-order valence-electron chi connectivity index (χ3n) is 4.00. The predicted molar refractivity (Wildman–Crippen MR) is 85.6 cm³/mol. The van der Waals surface area contributed by atoms with Crippen molar-refractivity contribution in [2.24, 2.45) is 0 Å². The lowest BCUT2D eigenvalue weighted by atomic mass is 9.97. The van der Waals surface area contributed by atoms with Gasteiger partial charge in [0.15, 0.2) is 0 Å². The zero-order valence-electron chi connectivity index (χ0n) is 12.6. The smallest absolute Gasteiger partial charge is 0.126 e. The van der Waals surface area contributed by atoms with E-state index in [1.54, 1.807) is 14.2 Å². The number of benzene rings is 2. The third kappa shape index (κ3) is 2.97. The molecule has 0 unspecified atom stereocenters. The number of hydrogen-bond acceptors (Lipinski definition) is 3. The zero-order valence-corrected chi connectivity index (χ0v) is 12.6. The summed E-state index contributed by atoms with van der Waals surface area (Å²) in [6.07, 6.45) is 3.25. The lowest BCUT2D eigenvalue weighted by Crippen LogP contribution is -2.11. The van der Waals surface area contributed by atoms with E-state index in [9.17, 15) is 0 Å². The van der Waals surface area contributed by atoms with Crippen molar-refractivity contribution in [2.45, 2.75) is 19.3 Å². The summed E-state index contributed by atoms with van der Waals surface area (Å²) in [6, 6.07) is 12.7. The number of anilines is 1. The van der Waals surface area contributed by atoms with Crippen LogP contribution in [0.15, 0.2) is 36.4 Å². The highest BCUT2D eigenvalue weighted by Gasteiger charge is 2.11. The average Bonchev–Trinajstić information content (AvgIpc) is 2.55. The van der Waals surface area contributed by atoms with Crippen LogP contribution >= 0.6 is 0 Å². The minimum Gasteiger partial charge on any atom is -0.497 e. The van der Waals surface area contributed by atoms with Gasteiger partial charge in [0, 0.05) is 24.7 Å². The minimum absolute atomic E-state index is 0.824. The SMILES string of the molecule is COc1ccc(Cc2ccc3c(c2)CCCN3)c(OC)c1. The number of aryl methyl sites for hydroxylation is 1. The second-order valence-corrected chi connectivity index (χ2v) is 5.38. The van der Waals surface area contributed by atoms with Crippen molar-refractivity contribution in [3.05, 3.63) is 53.1 Å². The standard InChI is InChI=1S/C18H21NO2/c1-20-16-7-6-15(18(12-16)21-2)11-13-5-8-17-14(10-13)4-3-9-19-17/h5-8,10,12,19H,3-4,9,11H2,1-2H3. The third-order valence-corrected chi connectivity index (χ3v) is 4.00. The Morgan fingerprint density at radius 3 is 2.76 bits per heavy atom. The molecule has 0 bridgehead atoms. The van der Waals surface area contributed by atoms with Crippen LogP contribution in [0, 0.1) is 0 Å². The van der Waals surface area contributed by atoms with Crippen LogP contribution in [0.3, 0.4) is 0 Å². The highest BCUT2D eigenvalue weighted by molar-refractivity contribution is 5.55. The molecule has 0 aromatic heterocycles. The Morgan fingerprint density at radius 1 is 1.05 bits per heavy atom. The normalized spacial score (nSPS) is 13.2. The molecule has 1 aliphatic rings. The summed E-state index contributed by atoms with van der Waals surface area (Å²) in [5, 5.41) is 3.45. The fraction of sp³-hybridized carbons (Fsp3) is 0.333. The number of nitrogens with one attached hydrogen (secondary N) is 1. The van der Waals surface area contributed by atoms with E-state index in [2.05, 4.69) is 29.6 Å². The Bertz CT molecular complexity index is 637. The summed E-state index contributed by atoms with van der Waals surface area (Å²) in [5.74, 6) is 1.70. The van der Waals surface area contributed by atoms with Gasteiger partial charge in [0.2, 0.25) is 0 Å². The van der Waals surface area contributed by atoms with Gasteiger partial charge >= 0.3 is 0 Å². The number of fused-ring (bicyclic) bond motifs is 1. The molecule has 0 saturated carbocycles. The fourth-order valence-electron chi connectivity index (χ4n) is 2.86. The average molecular weight is 283 g/mol. The molecule has 3 heteroatoms. The molecule has 0 amide bonds. The molecule has 0 aliphatic carbocycles. The molecule has 0 atom stereocenters. The highest BCUT2D eigenvalue weighted by atomic mass is 16.5. The van der Waals surface area contributed by atoms with Crippen molar-refractivity contribution >= 4 is 5.69 Å². The summed E-state index contributed by atoms with van der Waals surface area (Å²) in [7, 11) is 3.37. The molecule has 0 spiro atoms. The largest absolute Gasteiger partial charge is 0.497 e. The van der Waals surface area contributed by atoms with Gasteiger partial charge in [0.25, 0.3) is 0 Å². The molecule has 2 aromatic rings. The van der Waals surface area contributed by atoms with Gasteiger partial charge in [-0.15, -0.1) is 0 Å². The quantitative estimate of drug-likeness (QED) is 0.929. The Kier molecular flexibility index (Phi) is 4.00. The first-order chi connectivity index (χ1) is 10.3. The second-order valence-electron chi connectivity index (χ2n) is 5.38. The first-order valence-corrected chi connectivity index (χ1v) is 7.37. The number of hydrogen-bond donors (Lipinski definition) is 1. The van der Waals surface area contributed by atoms with Crippen molar-refractivity contribution < 1.29 is 9.47 Å². The molecule has 110 valence electrons. The van der Waals surface area contributed by atoms with E-state index >= 15 is 0 Å². The Hall–Kier alpha value is -2.16. The summed E-state index contributed by atoms with van der Waals surface area (Å²) in [4.78, 5) is 0. The summed E-state index contributed by atoms with van der Waals surface area (Å²) in [6.45, 7) is 1.08. The van der Waals surface area contributed by atoms with Crippen molar-refractivity contribution in [1.29, 1.82) is 0 Å². The molecule has 1 heterocycles. The van der Waals surface area contributed by atoms with Gasteiger partial charge in [-0.1, -0.05) is 18.2 Å². The topological polar surface area (TPSA) is 30.5 Å².